The highest BCUT2D eigenvalue weighted by Gasteiger charge is 2.16. The molecule has 0 saturated carbocycles. The maximum Gasteiger partial charge on any atom is 0.274 e. The van der Waals surface area contributed by atoms with E-state index in [1.165, 1.54) is 5.56 Å². The van der Waals surface area contributed by atoms with Crippen LogP contribution < -0.4 is 4.90 Å². The minimum atomic E-state index is -0.00729. The molecule has 2 aromatic carbocycles. The van der Waals surface area contributed by atoms with Crippen molar-refractivity contribution in [3.8, 4) is 0 Å². The number of anilines is 1. The summed E-state index contributed by atoms with van der Waals surface area (Å²) in [5, 5.41) is 0. The van der Waals surface area contributed by atoms with Crippen LogP contribution in [0.1, 0.15) is 16.1 Å². The quantitative estimate of drug-likeness (QED) is 0.717. The van der Waals surface area contributed by atoms with Crippen LogP contribution in [0.5, 0.6) is 0 Å². The lowest BCUT2D eigenvalue weighted by atomic mass is 10.2. The number of rotatable bonds is 4. The fourth-order valence-corrected chi connectivity index (χ4v) is 2.47. The molecule has 3 aromatic rings. The molecule has 0 N–H and O–H groups in total. The second-order valence-electron chi connectivity index (χ2n) is 5.21. The molecule has 1 heterocycles. The van der Waals surface area contributed by atoms with E-state index >= 15 is 0 Å². The zero-order valence-corrected chi connectivity index (χ0v) is 12.5. The Hall–Kier alpha value is -2.81. The van der Waals surface area contributed by atoms with Gasteiger partial charge in [0.25, 0.3) is 5.91 Å². The number of amides is 1. The highest BCUT2D eigenvalue weighted by Crippen LogP contribution is 2.16. The van der Waals surface area contributed by atoms with Crippen LogP contribution >= 0.6 is 0 Å². The summed E-state index contributed by atoms with van der Waals surface area (Å²) in [6, 6.07) is 23.6. The summed E-state index contributed by atoms with van der Waals surface area (Å²) in [7, 11) is 1.80. The fraction of sp³-hybridized carbons (Fsp3) is 0.105. The molecule has 1 amide bonds. The zero-order valence-electron chi connectivity index (χ0n) is 12.5. The SMILES string of the molecule is CN(C(=O)c1cccn1Cc1ccccc1)c1ccccc1. The third-order valence-corrected chi connectivity index (χ3v) is 3.69. The molecule has 0 aliphatic rings. The molecule has 3 nitrogen and oxygen atoms in total. The van der Waals surface area contributed by atoms with Gasteiger partial charge in [0.05, 0.1) is 0 Å². The minimum absolute atomic E-state index is 0.00729. The first-order chi connectivity index (χ1) is 10.8. The molecule has 0 saturated heterocycles. The monoisotopic (exact) mass is 290 g/mol. The maximum atomic E-state index is 12.7. The number of carbonyl (C=O) groups is 1. The van der Waals surface area contributed by atoms with Crippen molar-refractivity contribution in [3.05, 3.63) is 90.3 Å². The first-order valence-electron chi connectivity index (χ1n) is 7.28. The van der Waals surface area contributed by atoms with Gasteiger partial charge in [-0.2, -0.15) is 0 Å². The van der Waals surface area contributed by atoms with Crippen molar-refractivity contribution >= 4 is 11.6 Å². The lowest BCUT2D eigenvalue weighted by molar-refractivity contribution is 0.0984. The topological polar surface area (TPSA) is 25.2 Å². The number of hydrogen-bond acceptors (Lipinski definition) is 1. The van der Waals surface area contributed by atoms with Gasteiger partial charge in [-0.15, -0.1) is 0 Å². The molecule has 0 unspecified atom stereocenters. The number of carbonyl (C=O) groups excluding carboxylic acids is 1. The van der Waals surface area contributed by atoms with Crippen molar-refractivity contribution < 1.29 is 4.79 Å². The van der Waals surface area contributed by atoms with Gasteiger partial charge in [0.1, 0.15) is 5.69 Å². The Morgan fingerprint density at radius 2 is 1.55 bits per heavy atom. The van der Waals surface area contributed by atoms with Gasteiger partial charge in [-0.1, -0.05) is 48.5 Å². The predicted molar refractivity (Wildman–Crippen MR) is 89.2 cm³/mol. The molecular weight excluding hydrogens is 272 g/mol. The Bertz CT molecular complexity index is 747. The van der Waals surface area contributed by atoms with Gasteiger partial charge >= 0.3 is 0 Å². The Morgan fingerprint density at radius 3 is 2.23 bits per heavy atom. The molecule has 0 aliphatic heterocycles. The number of hydrogen-bond donors (Lipinski definition) is 0. The maximum absolute atomic E-state index is 12.7. The molecule has 0 spiro atoms. The third kappa shape index (κ3) is 2.93. The molecule has 3 rings (SSSR count). The average molecular weight is 290 g/mol. The number of nitrogens with zero attached hydrogens (tertiary/aromatic N) is 2. The highest BCUT2D eigenvalue weighted by atomic mass is 16.2. The zero-order chi connectivity index (χ0) is 15.4. The molecular formula is C19H18N2O. The lowest BCUT2D eigenvalue weighted by Gasteiger charge is -2.18. The second-order valence-corrected chi connectivity index (χ2v) is 5.21. The number of benzene rings is 2. The van der Waals surface area contributed by atoms with Gasteiger partial charge in [0, 0.05) is 25.5 Å². The largest absolute Gasteiger partial charge is 0.339 e. The van der Waals surface area contributed by atoms with Gasteiger partial charge in [-0.3, -0.25) is 4.79 Å². The summed E-state index contributed by atoms with van der Waals surface area (Å²) in [6.45, 7) is 0.692. The van der Waals surface area contributed by atoms with Crippen molar-refractivity contribution in [2.24, 2.45) is 0 Å². The van der Waals surface area contributed by atoms with Crippen LogP contribution in [0.3, 0.4) is 0 Å². The Balaban J connectivity index is 1.84. The first-order valence-corrected chi connectivity index (χ1v) is 7.28. The van der Waals surface area contributed by atoms with Crippen LogP contribution in [-0.2, 0) is 6.54 Å². The molecule has 110 valence electrons. The normalized spacial score (nSPS) is 10.4. The first kappa shape index (κ1) is 14.1. The smallest absolute Gasteiger partial charge is 0.274 e. The van der Waals surface area contributed by atoms with Crippen LogP contribution in [0.4, 0.5) is 5.69 Å². The van der Waals surface area contributed by atoms with Gasteiger partial charge in [-0.05, 0) is 29.8 Å². The molecule has 0 radical (unpaired) electrons. The standard InChI is InChI=1S/C19H18N2O/c1-20(17-11-6-3-7-12-17)19(22)18-13-8-14-21(18)15-16-9-4-2-5-10-16/h2-14H,15H2,1H3. The van der Waals surface area contributed by atoms with Gasteiger partial charge < -0.3 is 9.47 Å². The minimum Gasteiger partial charge on any atom is -0.339 e. The van der Waals surface area contributed by atoms with Crippen molar-refractivity contribution in [3.63, 3.8) is 0 Å². The number of aromatic nitrogens is 1. The van der Waals surface area contributed by atoms with Gasteiger partial charge in [0.2, 0.25) is 0 Å². The molecule has 0 fully saturated rings. The van der Waals surface area contributed by atoms with Crippen molar-refractivity contribution in [1.29, 1.82) is 0 Å². The van der Waals surface area contributed by atoms with Crippen molar-refractivity contribution in [2.75, 3.05) is 11.9 Å². The Morgan fingerprint density at radius 1 is 0.909 bits per heavy atom. The molecule has 0 atom stereocenters. The summed E-state index contributed by atoms with van der Waals surface area (Å²) >= 11 is 0. The van der Waals surface area contributed by atoms with E-state index < -0.39 is 0 Å². The molecule has 0 aliphatic carbocycles. The Labute approximate surface area is 130 Å². The number of para-hydroxylation sites is 1. The summed E-state index contributed by atoms with van der Waals surface area (Å²) in [5.74, 6) is -0.00729. The van der Waals surface area contributed by atoms with E-state index in [-0.39, 0.29) is 5.91 Å². The summed E-state index contributed by atoms with van der Waals surface area (Å²) in [6.07, 6.45) is 1.94. The van der Waals surface area contributed by atoms with Crippen LogP contribution in [0.2, 0.25) is 0 Å². The van der Waals surface area contributed by atoms with Gasteiger partial charge in [0.15, 0.2) is 0 Å². The van der Waals surface area contributed by atoms with E-state index in [9.17, 15) is 4.79 Å². The third-order valence-electron chi connectivity index (χ3n) is 3.69. The highest BCUT2D eigenvalue weighted by molar-refractivity contribution is 6.04. The summed E-state index contributed by atoms with van der Waals surface area (Å²) in [5.41, 5.74) is 2.75. The Kier molecular flexibility index (Phi) is 4.05. The van der Waals surface area contributed by atoms with E-state index in [0.29, 0.717) is 12.2 Å². The van der Waals surface area contributed by atoms with E-state index in [0.717, 1.165) is 5.69 Å². The lowest BCUT2D eigenvalue weighted by Crippen LogP contribution is -2.28. The van der Waals surface area contributed by atoms with E-state index in [1.807, 2.05) is 71.4 Å². The predicted octanol–water partition coefficient (Wildman–Crippen LogP) is 3.81. The molecule has 3 heteroatoms. The van der Waals surface area contributed by atoms with Crippen LogP contribution in [0.15, 0.2) is 79.0 Å². The van der Waals surface area contributed by atoms with E-state index in [4.69, 9.17) is 0 Å². The van der Waals surface area contributed by atoms with E-state index in [1.54, 1.807) is 11.9 Å². The van der Waals surface area contributed by atoms with Crippen LogP contribution in [0.25, 0.3) is 0 Å². The molecule has 0 bridgehead atoms. The summed E-state index contributed by atoms with van der Waals surface area (Å²) in [4.78, 5) is 14.4. The molecule has 1 aromatic heterocycles. The summed E-state index contributed by atoms with van der Waals surface area (Å²) < 4.78 is 1.98. The van der Waals surface area contributed by atoms with Gasteiger partial charge in [-0.25, -0.2) is 0 Å². The van der Waals surface area contributed by atoms with E-state index in [2.05, 4.69) is 12.1 Å². The van der Waals surface area contributed by atoms with Crippen LogP contribution in [-0.4, -0.2) is 17.5 Å². The second kappa shape index (κ2) is 6.31. The van der Waals surface area contributed by atoms with Crippen molar-refractivity contribution in [1.82, 2.24) is 4.57 Å². The fourth-order valence-electron chi connectivity index (χ4n) is 2.47. The molecule has 22 heavy (non-hydrogen) atoms. The average Bonchev–Trinajstić information content (AvgIpc) is 3.03. The van der Waals surface area contributed by atoms with Crippen LogP contribution in [0, 0.1) is 0 Å². The van der Waals surface area contributed by atoms with Crippen molar-refractivity contribution in [2.45, 2.75) is 6.54 Å².